The Labute approximate surface area is 186 Å². The van der Waals surface area contributed by atoms with E-state index in [2.05, 4.69) is 18.4 Å². The number of rotatable bonds is 6. The Morgan fingerprint density at radius 3 is 2.19 bits per heavy atom. The van der Waals surface area contributed by atoms with Crippen LogP contribution in [0.1, 0.15) is 55.9 Å². The molecule has 0 amide bonds. The highest BCUT2D eigenvalue weighted by Crippen LogP contribution is 2.44. The predicted molar refractivity (Wildman–Crippen MR) is 118 cm³/mol. The molecule has 3 nitrogen and oxygen atoms in total. The van der Waals surface area contributed by atoms with E-state index in [1.165, 1.54) is 0 Å². The topological polar surface area (TPSA) is 37.4 Å². The normalized spacial score (nSPS) is 15.8. The second-order valence-corrected chi connectivity index (χ2v) is 11.1. The highest BCUT2D eigenvalue weighted by Gasteiger charge is 2.34. The monoisotopic (exact) mass is 469 g/mol. The van der Waals surface area contributed by atoms with Gasteiger partial charge < -0.3 is 4.90 Å². The minimum Gasteiger partial charge on any atom is -0.345 e. The highest BCUT2D eigenvalue weighted by molar-refractivity contribution is 7.89. The Morgan fingerprint density at radius 2 is 1.62 bits per heavy atom. The van der Waals surface area contributed by atoms with Crippen molar-refractivity contribution in [2.45, 2.75) is 57.5 Å². The van der Waals surface area contributed by atoms with Gasteiger partial charge in [-0.1, -0.05) is 39.5 Å². The third kappa shape index (κ3) is 4.42. The lowest BCUT2D eigenvalue weighted by molar-refractivity contribution is 0.434. The van der Waals surface area contributed by atoms with E-state index >= 15 is 0 Å². The standard InChI is InChI=1S/C24H27F4NO2S/c1-6-9-29-14(2)11-24(4,5)18-10-16(7-8-19(18)29)12-32(30,31)13-17-22(27)20(25)15(3)21(26)23(17)28/h7-8,10H,2,6,9,11-13H2,1,3-5H3. The van der Waals surface area contributed by atoms with E-state index in [1.54, 1.807) is 12.1 Å². The molecule has 0 atom stereocenters. The number of benzene rings is 2. The third-order valence-electron chi connectivity index (χ3n) is 5.88. The van der Waals surface area contributed by atoms with Crippen LogP contribution in [0.15, 0.2) is 30.5 Å². The minimum absolute atomic E-state index is 0.280. The van der Waals surface area contributed by atoms with Gasteiger partial charge in [-0.15, -0.1) is 0 Å². The Bertz CT molecular complexity index is 1160. The number of fused-ring (bicyclic) bond motifs is 1. The van der Waals surface area contributed by atoms with Crippen molar-refractivity contribution < 1.29 is 26.0 Å². The third-order valence-corrected chi connectivity index (χ3v) is 7.38. The minimum atomic E-state index is -4.12. The maximum Gasteiger partial charge on any atom is 0.166 e. The van der Waals surface area contributed by atoms with E-state index in [1.807, 2.05) is 19.9 Å². The van der Waals surface area contributed by atoms with Gasteiger partial charge in [0.15, 0.2) is 33.1 Å². The summed E-state index contributed by atoms with van der Waals surface area (Å²) in [6, 6.07) is 5.26. The summed E-state index contributed by atoms with van der Waals surface area (Å²) in [4.78, 5) is 2.11. The van der Waals surface area contributed by atoms with Gasteiger partial charge in [-0.05, 0) is 42.4 Å². The van der Waals surface area contributed by atoms with Crippen molar-refractivity contribution in [1.29, 1.82) is 0 Å². The summed E-state index contributed by atoms with van der Waals surface area (Å²) in [5.41, 5.74) is 1.11. The van der Waals surface area contributed by atoms with E-state index in [-0.39, 0.29) is 5.41 Å². The van der Waals surface area contributed by atoms with Gasteiger partial charge in [-0.2, -0.15) is 0 Å². The molecular formula is C24H27F4NO2S. The summed E-state index contributed by atoms with van der Waals surface area (Å²) in [5.74, 6) is -8.17. The molecule has 0 saturated carbocycles. The van der Waals surface area contributed by atoms with Gasteiger partial charge in [-0.25, -0.2) is 26.0 Å². The fraction of sp³-hybridized carbons (Fsp3) is 0.417. The van der Waals surface area contributed by atoms with Crippen LogP contribution in [-0.2, 0) is 26.8 Å². The molecule has 0 bridgehead atoms. The summed E-state index contributed by atoms with van der Waals surface area (Å²) in [6.07, 6.45) is 1.62. The number of hydrogen-bond acceptors (Lipinski definition) is 3. The van der Waals surface area contributed by atoms with Crippen LogP contribution < -0.4 is 4.90 Å². The van der Waals surface area contributed by atoms with E-state index in [0.717, 1.165) is 36.8 Å². The molecule has 32 heavy (non-hydrogen) atoms. The van der Waals surface area contributed by atoms with Crippen LogP contribution in [0.3, 0.4) is 0 Å². The first kappa shape index (κ1) is 24.3. The van der Waals surface area contributed by atoms with Crippen molar-refractivity contribution in [3.8, 4) is 0 Å². The van der Waals surface area contributed by atoms with Gasteiger partial charge in [0.1, 0.15) is 0 Å². The van der Waals surface area contributed by atoms with Crippen molar-refractivity contribution in [3.63, 3.8) is 0 Å². The molecular weight excluding hydrogens is 442 g/mol. The molecule has 1 aliphatic rings. The van der Waals surface area contributed by atoms with Gasteiger partial charge in [0.2, 0.25) is 0 Å². The van der Waals surface area contributed by atoms with Crippen LogP contribution >= 0.6 is 0 Å². The lowest BCUT2D eigenvalue weighted by atomic mass is 9.76. The van der Waals surface area contributed by atoms with Gasteiger partial charge in [0.05, 0.1) is 11.5 Å². The molecule has 3 rings (SSSR count). The first-order valence-corrected chi connectivity index (χ1v) is 12.2. The molecule has 0 spiro atoms. The highest BCUT2D eigenvalue weighted by atomic mass is 32.2. The predicted octanol–water partition coefficient (Wildman–Crippen LogP) is 6.08. The number of anilines is 1. The summed E-state index contributed by atoms with van der Waals surface area (Å²) in [5, 5.41) is 0. The largest absolute Gasteiger partial charge is 0.345 e. The van der Waals surface area contributed by atoms with Crippen molar-refractivity contribution in [2.75, 3.05) is 11.4 Å². The molecule has 174 valence electrons. The van der Waals surface area contributed by atoms with Crippen molar-refractivity contribution in [3.05, 3.63) is 76.0 Å². The lowest BCUT2D eigenvalue weighted by Gasteiger charge is -2.42. The zero-order valence-corrected chi connectivity index (χ0v) is 19.5. The average molecular weight is 470 g/mol. The number of hydrogen-bond donors (Lipinski definition) is 0. The van der Waals surface area contributed by atoms with Crippen LogP contribution in [-0.4, -0.2) is 15.0 Å². The quantitative estimate of drug-likeness (QED) is 0.380. The van der Waals surface area contributed by atoms with Crippen molar-refractivity contribution >= 4 is 15.5 Å². The Morgan fingerprint density at radius 1 is 1.03 bits per heavy atom. The fourth-order valence-corrected chi connectivity index (χ4v) is 5.74. The van der Waals surface area contributed by atoms with Crippen LogP contribution in [0.5, 0.6) is 0 Å². The second-order valence-electron chi connectivity index (χ2n) is 9.02. The van der Waals surface area contributed by atoms with Crippen LogP contribution in [0.25, 0.3) is 0 Å². The number of sulfone groups is 1. The van der Waals surface area contributed by atoms with Crippen LogP contribution in [0.2, 0.25) is 0 Å². The Kier molecular flexibility index (Phi) is 6.48. The molecule has 0 fully saturated rings. The molecule has 0 N–H and O–H groups in total. The molecule has 0 aliphatic carbocycles. The first-order chi connectivity index (χ1) is 14.8. The van der Waals surface area contributed by atoms with Gasteiger partial charge in [-0.3, -0.25) is 0 Å². The summed E-state index contributed by atoms with van der Waals surface area (Å²) < 4.78 is 81.5. The maximum atomic E-state index is 14.2. The van der Waals surface area contributed by atoms with Crippen molar-refractivity contribution in [2.24, 2.45) is 0 Å². The molecule has 8 heteroatoms. The van der Waals surface area contributed by atoms with E-state index < -0.39 is 55.7 Å². The number of allylic oxidation sites excluding steroid dienone is 1. The van der Waals surface area contributed by atoms with Gasteiger partial charge in [0.25, 0.3) is 0 Å². The lowest BCUT2D eigenvalue weighted by Crippen LogP contribution is -2.35. The van der Waals surface area contributed by atoms with Crippen LogP contribution in [0.4, 0.5) is 23.2 Å². The zero-order valence-electron chi connectivity index (χ0n) is 18.7. The number of halogens is 4. The fourth-order valence-electron chi connectivity index (χ4n) is 4.26. The Hall–Kier alpha value is -2.35. The summed E-state index contributed by atoms with van der Waals surface area (Å²) in [7, 11) is -4.12. The molecule has 0 unspecified atom stereocenters. The average Bonchev–Trinajstić information content (AvgIpc) is 2.71. The summed E-state index contributed by atoms with van der Waals surface area (Å²) >= 11 is 0. The molecule has 0 saturated heterocycles. The number of nitrogens with zero attached hydrogens (tertiary/aromatic N) is 1. The SMILES string of the molecule is C=C1CC(C)(C)c2cc(CS(=O)(=O)Cc3c(F)c(F)c(C)c(F)c3F)ccc2N1CCC. The molecule has 2 aromatic carbocycles. The molecule has 1 heterocycles. The second kappa shape index (κ2) is 8.54. The molecule has 0 radical (unpaired) electrons. The molecule has 0 aromatic heterocycles. The summed E-state index contributed by atoms with van der Waals surface area (Å²) in [6.45, 7) is 12.0. The molecule has 1 aliphatic heterocycles. The Balaban J connectivity index is 1.96. The molecule has 2 aromatic rings. The maximum absolute atomic E-state index is 14.2. The zero-order chi connectivity index (χ0) is 24.0. The van der Waals surface area contributed by atoms with Gasteiger partial charge >= 0.3 is 0 Å². The van der Waals surface area contributed by atoms with E-state index in [0.29, 0.717) is 12.0 Å². The first-order valence-electron chi connectivity index (χ1n) is 10.4. The van der Waals surface area contributed by atoms with Crippen molar-refractivity contribution in [1.82, 2.24) is 0 Å². The van der Waals surface area contributed by atoms with E-state index in [9.17, 15) is 26.0 Å². The van der Waals surface area contributed by atoms with Gasteiger partial charge in [0, 0.05) is 29.1 Å². The smallest absolute Gasteiger partial charge is 0.166 e. The van der Waals surface area contributed by atoms with Crippen LogP contribution in [0, 0.1) is 30.2 Å². The van der Waals surface area contributed by atoms with E-state index in [4.69, 9.17) is 0 Å².